The highest BCUT2D eigenvalue weighted by atomic mass is 32.1. The first-order valence-electron chi connectivity index (χ1n) is 8.56. The van der Waals surface area contributed by atoms with E-state index in [1.165, 1.54) is 43.6 Å². The molecule has 22 heavy (non-hydrogen) atoms. The maximum Gasteiger partial charge on any atom is 0.0900 e. The van der Waals surface area contributed by atoms with E-state index in [0.29, 0.717) is 19.3 Å². The Morgan fingerprint density at radius 1 is 1.27 bits per heavy atom. The standard InChI is InChI=1S/C17H28N2O2S/c20-16(13-21-14-17-6-4-10-22-17)12-18-7-3-5-15(11-18)19-8-1-2-9-19/h4,6,10,15-16,20H,1-3,5,7-9,11-14H2. The number of aliphatic hydroxyl groups is 1. The molecule has 124 valence electrons. The second-order valence-electron chi connectivity index (χ2n) is 6.55. The first-order valence-corrected chi connectivity index (χ1v) is 9.44. The molecule has 2 aliphatic heterocycles. The second kappa shape index (κ2) is 8.41. The lowest BCUT2D eigenvalue weighted by Crippen LogP contribution is -2.49. The van der Waals surface area contributed by atoms with Crippen molar-refractivity contribution in [2.24, 2.45) is 0 Å². The quantitative estimate of drug-likeness (QED) is 0.834. The van der Waals surface area contributed by atoms with Crippen LogP contribution in [0.25, 0.3) is 0 Å². The molecular weight excluding hydrogens is 296 g/mol. The molecule has 1 N–H and O–H groups in total. The van der Waals surface area contributed by atoms with Gasteiger partial charge in [0.15, 0.2) is 0 Å². The average Bonchev–Trinajstić information content (AvgIpc) is 3.21. The van der Waals surface area contributed by atoms with Gasteiger partial charge in [0.1, 0.15) is 0 Å². The van der Waals surface area contributed by atoms with Crippen molar-refractivity contribution in [2.75, 3.05) is 39.3 Å². The highest BCUT2D eigenvalue weighted by Gasteiger charge is 2.27. The number of hydrogen-bond donors (Lipinski definition) is 1. The molecule has 5 heteroatoms. The number of thiophene rings is 1. The topological polar surface area (TPSA) is 35.9 Å². The first kappa shape index (κ1) is 16.4. The summed E-state index contributed by atoms with van der Waals surface area (Å²) >= 11 is 1.70. The van der Waals surface area contributed by atoms with Gasteiger partial charge in [0.2, 0.25) is 0 Å². The molecule has 0 aliphatic carbocycles. The fraction of sp³-hybridized carbons (Fsp3) is 0.765. The van der Waals surface area contributed by atoms with Crippen LogP contribution < -0.4 is 0 Å². The maximum atomic E-state index is 10.2. The van der Waals surface area contributed by atoms with Gasteiger partial charge in [-0.15, -0.1) is 11.3 Å². The van der Waals surface area contributed by atoms with Gasteiger partial charge >= 0.3 is 0 Å². The number of hydrogen-bond acceptors (Lipinski definition) is 5. The van der Waals surface area contributed by atoms with Crippen LogP contribution >= 0.6 is 11.3 Å². The van der Waals surface area contributed by atoms with Gasteiger partial charge in [-0.05, 0) is 56.8 Å². The molecule has 2 unspecified atom stereocenters. The molecule has 0 amide bonds. The predicted octanol–water partition coefficient (Wildman–Crippen LogP) is 2.19. The van der Waals surface area contributed by atoms with Crippen LogP contribution in [0.1, 0.15) is 30.6 Å². The van der Waals surface area contributed by atoms with Gasteiger partial charge in [0.25, 0.3) is 0 Å². The van der Waals surface area contributed by atoms with Crippen LogP contribution in [0.5, 0.6) is 0 Å². The molecule has 2 aliphatic rings. The molecule has 1 aromatic heterocycles. The van der Waals surface area contributed by atoms with Crippen molar-refractivity contribution < 1.29 is 9.84 Å². The SMILES string of the molecule is OC(COCc1cccs1)CN1CCCC(N2CCCC2)C1. The lowest BCUT2D eigenvalue weighted by atomic mass is 10.0. The molecule has 2 saturated heterocycles. The molecule has 3 heterocycles. The van der Waals surface area contributed by atoms with E-state index in [0.717, 1.165) is 19.6 Å². The van der Waals surface area contributed by atoms with Crippen molar-refractivity contribution in [2.45, 2.75) is 44.4 Å². The minimum Gasteiger partial charge on any atom is -0.389 e. The number of nitrogens with zero attached hydrogens (tertiary/aromatic N) is 2. The van der Waals surface area contributed by atoms with Gasteiger partial charge in [-0.1, -0.05) is 6.07 Å². The Morgan fingerprint density at radius 3 is 2.91 bits per heavy atom. The van der Waals surface area contributed by atoms with Crippen molar-refractivity contribution in [3.8, 4) is 0 Å². The summed E-state index contributed by atoms with van der Waals surface area (Å²) in [4.78, 5) is 6.29. The van der Waals surface area contributed by atoms with E-state index in [-0.39, 0.29) is 6.10 Å². The fourth-order valence-electron chi connectivity index (χ4n) is 3.64. The van der Waals surface area contributed by atoms with E-state index in [4.69, 9.17) is 4.74 Å². The average molecular weight is 324 g/mol. The zero-order valence-corrected chi connectivity index (χ0v) is 14.1. The summed E-state index contributed by atoms with van der Waals surface area (Å²) in [5, 5.41) is 12.3. The van der Waals surface area contributed by atoms with Crippen LogP contribution in [0, 0.1) is 0 Å². The van der Waals surface area contributed by atoms with Crippen molar-refractivity contribution >= 4 is 11.3 Å². The summed E-state index contributed by atoms with van der Waals surface area (Å²) in [6, 6.07) is 4.81. The van der Waals surface area contributed by atoms with E-state index in [2.05, 4.69) is 21.2 Å². The molecular formula is C17H28N2O2S. The summed E-state index contributed by atoms with van der Waals surface area (Å²) in [5.41, 5.74) is 0. The fourth-order valence-corrected chi connectivity index (χ4v) is 4.28. The molecule has 0 radical (unpaired) electrons. The Balaban J connectivity index is 1.36. The van der Waals surface area contributed by atoms with Crippen LogP contribution in [0.3, 0.4) is 0 Å². The Bertz CT molecular complexity index is 420. The van der Waals surface area contributed by atoms with E-state index in [9.17, 15) is 5.11 Å². The van der Waals surface area contributed by atoms with Gasteiger partial charge in [-0.3, -0.25) is 9.80 Å². The second-order valence-corrected chi connectivity index (χ2v) is 7.58. The van der Waals surface area contributed by atoms with Gasteiger partial charge in [0.05, 0.1) is 19.3 Å². The third kappa shape index (κ3) is 4.77. The van der Waals surface area contributed by atoms with E-state index >= 15 is 0 Å². The Morgan fingerprint density at radius 2 is 2.14 bits per heavy atom. The van der Waals surface area contributed by atoms with Crippen LogP contribution in [-0.4, -0.2) is 66.4 Å². The number of ether oxygens (including phenoxy) is 1. The monoisotopic (exact) mass is 324 g/mol. The Hall–Kier alpha value is -0.460. The molecule has 2 fully saturated rings. The van der Waals surface area contributed by atoms with Gasteiger partial charge in [0, 0.05) is 24.0 Å². The zero-order chi connectivity index (χ0) is 15.2. The largest absolute Gasteiger partial charge is 0.389 e. The van der Waals surface area contributed by atoms with Crippen molar-refractivity contribution in [1.29, 1.82) is 0 Å². The van der Waals surface area contributed by atoms with E-state index < -0.39 is 0 Å². The molecule has 0 saturated carbocycles. The highest BCUT2D eigenvalue weighted by Crippen LogP contribution is 2.20. The molecule has 0 aromatic carbocycles. The molecule has 4 nitrogen and oxygen atoms in total. The zero-order valence-electron chi connectivity index (χ0n) is 13.3. The third-order valence-electron chi connectivity index (χ3n) is 4.74. The molecule has 1 aromatic rings. The Labute approximate surface area is 137 Å². The van der Waals surface area contributed by atoms with E-state index in [1.54, 1.807) is 11.3 Å². The first-order chi connectivity index (χ1) is 10.8. The van der Waals surface area contributed by atoms with Gasteiger partial charge in [-0.2, -0.15) is 0 Å². The molecule has 3 rings (SSSR count). The summed E-state index contributed by atoms with van der Waals surface area (Å²) in [5.74, 6) is 0. The van der Waals surface area contributed by atoms with Crippen molar-refractivity contribution in [3.63, 3.8) is 0 Å². The summed E-state index contributed by atoms with van der Waals surface area (Å²) < 4.78 is 5.63. The number of piperidine rings is 1. The predicted molar refractivity (Wildman–Crippen MR) is 90.3 cm³/mol. The minimum absolute atomic E-state index is 0.378. The number of rotatable bonds is 7. The molecule has 0 spiro atoms. The van der Waals surface area contributed by atoms with Gasteiger partial charge < -0.3 is 9.84 Å². The lowest BCUT2D eigenvalue weighted by molar-refractivity contribution is 0.000316. The third-order valence-corrected chi connectivity index (χ3v) is 5.59. The van der Waals surface area contributed by atoms with Crippen molar-refractivity contribution in [1.82, 2.24) is 9.80 Å². The molecule has 2 atom stereocenters. The van der Waals surface area contributed by atoms with Crippen LogP contribution in [0.15, 0.2) is 17.5 Å². The summed E-state index contributed by atoms with van der Waals surface area (Å²) in [7, 11) is 0. The number of aliphatic hydroxyl groups excluding tert-OH is 1. The normalized spacial score (nSPS) is 25.6. The van der Waals surface area contributed by atoms with Crippen LogP contribution in [-0.2, 0) is 11.3 Å². The Kier molecular flexibility index (Phi) is 6.27. The van der Waals surface area contributed by atoms with Crippen LogP contribution in [0.4, 0.5) is 0 Å². The smallest absolute Gasteiger partial charge is 0.0900 e. The highest BCUT2D eigenvalue weighted by molar-refractivity contribution is 7.09. The summed E-state index contributed by atoms with van der Waals surface area (Å²) in [6.45, 7) is 6.56. The van der Waals surface area contributed by atoms with Gasteiger partial charge in [-0.25, -0.2) is 0 Å². The molecule has 0 bridgehead atoms. The van der Waals surface area contributed by atoms with Crippen LogP contribution in [0.2, 0.25) is 0 Å². The van der Waals surface area contributed by atoms with Crippen molar-refractivity contribution in [3.05, 3.63) is 22.4 Å². The maximum absolute atomic E-state index is 10.2. The van der Waals surface area contributed by atoms with E-state index in [1.807, 2.05) is 6.07 Å². The minimum atomic E-state index is -0.378. The lowest BCUT2D eigenvalue weighted by Gasteiger charge is -2.38. The number of β-amino-alcohol motifs (C(OH)–C–C–N with tert-alkyl or cyclic N) is 1. The number of likely N-dealkylation sites (tertiary alicyclic amines) is 2. The summed E-state index contributed by atoms with van der Waals surface area (Å²) in [6.07, 6.45) is 4.91.